The van der Waals surface area contributed by atoms with E-state index in [1.54, 1.807) is 25.4 Å². The Balaban J connectivity index is 1.56. The zero-order valence-electron chi connectivity index (χ0n) is 16.4. The number of rotatable bonds is 6. The molecule has 3 rings (SSSR count). The average Bonchev–Trinajstić information content (AvgIpc) is 3.18. The van der Waals surface area contributed by atoms with Crippen molar-refractivity contribution < 1.29 is 8.81 Å². The Morgan fingerprint density at radius 3 is 2.61 bits per heavy atom. The van der Waals surface area contributed by atoms with Gasteiger partial charge in [0.2, 0.25) is 5.89 Å². The van der Waals surface area contributed by atoms with Crippen LogP contribution in [-0.4, -0.2) is 24.5 Å². The van der Waals surface area contributed by atoms with Gasteiger partial charge in [-0.1, -0.05) is 44.2 Å². The number of aromatic nitrogens is 1. The van der Waals surface area contributed by atoms with Crippen LogP contribution in [0.15, 0.2) is 70.3 Å². The minimum absolute atomic E-state index is 0.228. The Labute approximate surface area is 164 Å². The Hall–Kier alpha value is -3.15. The van der Waals surface area contributed by atoms with Gasteiger partial charge < -0.3 is 15.1 Å². The first-order valence-corrected chi connectivity index (χ1v) is 9.18. The highest BCUT2D eigenvalue weighted by Crippen LogP contribution is 2.23. The van der Waals surface area contributed by atoms with Gasteiger partial charge in [-0.15, -0.1) is 0 Å². The highest BCUT2D eigenvalue weighted by molar-refractivity contribution is 5.79. The van der Waals surface area contributed by atoms with E-state index in [4.69, 9.17) is 4.42 Å². The molecule has 0 aliphatic rings. The van der Waals surface area contributed by atoms with Crippen LogP contribution in [0.2, 0.25) is 0 Å². The van der Waals surface area contributed by atoms with Crippen molar-refractivity contribution in [1.82, 2.24) is 15.6 Å². The van der Waals surface area contributed by atoms with Crippen LogP contribution in [0.3, 0.4) is 0 Å². The minimum atomic E-state index is -0.256. The van der Waals surface area contributed by atoms with Crippen molar-refractivity contribution in [2.45, 2.75) is 25.8 Å². The summed E-state index contributed by atoms with van der Waals surface area (Å²) >= 11 is 0. The first-order chi connectivity index (χ1) is 13.5. The lowest BCUT2D eigenvalue weighted by Gasteiger charge is -2.26. The molecule has 3 aromatic rings. The van der Waals surface area contributed by atoms with Gasteiger partial charge in [-0.05, 0) is 29.8 Å². The molecule has 2 aromatic carbocycles. The standard InChI is InChI=1S/C22H25FN4O/c1-22(2,17-10-7-11-18(23)12-17)15-26-21(24-3)25-13-19-14-28-20(27-19)16-8-5-4-6-9-16/h4-12,14H,13,15H2,1-3H3,(H2,24,25,26). The molecule has 5 nitrogen and oxygen atoms in total. The summed E-state index contributed by atoms with van der Waals surface area (Å²) in [6.45, 7) is 5.21. The maximum Gasteiger partial charge on any atom is 0.226 e. The van der Waals surface area contributed by atoms with Gasteiger partial charge in [0.25, 0.3) is 0 Å². The molecular formula is C22H25FN4O. The zero-order valence-corrected chi connectivity index (χ0v) is 16.4. The maximum absolute atomic E-state index is 13.5. The van der Waals surface area contributed by atoms with Crippen molar-refractivity contribution in [1.29, 1.82) is 0 Å². The van der Waals surface area contributed by atoms with Crippen LogP contribution in [0, 0.1) is 5.82 Å². The number of oxazole rings is 1. The molecule has 0 bridgehead atoms. The third-order valence-corrected chi connectivity index (χ3v) is 4.54. The van der Waals surface area contributed by atoms with Crippen molar-refractivity contribution in [2.75, 3.05) is 13.6 Å². The fourth-order valence-electron chi connectivity index (χ4n) is 2.81. The van der Waals surface area contributed by atoms with Gasteiger partial charge in [0.05, 0.1) is 12.2 Å². The summed E-state index contributed by atoms with van der Waals surface area (Å²) in [6.07, 6.45) is 1.64. The fourth-order valence-corrected chi connectivity index (χ4v) is 2.81. The first-order valence-electron chi connectivity index (χ1n) is 9.18. The van der Waals surface area contributed by atoms with Crippen LogP contribution in [-0.2, 0) is 12.0 Å². The van der Waals surface area contributed by atoms with Crippen molar-refractivity contribution >= 4 is 5.96 Å². The fraction of sp³-hybridized carbons (Fsp3) is 0.273. The summed E-state index contributed by atoms with van der Waals surface area (Å²) in [5, 5.41) is 6.52. The second-order valence-corrected chi connectivity index (χ2v) is 7.18. The summed E-state index contributed by atoms with van der Waals surface area (Å²) in [5.74, 6) is 1.01. The van der Waals surface area contributed by atoms with E-state index >= 15 is 0 Å². The Bertz CT molecular complexity index is 934. The quantitative estimate of drug-likeness (QED) is 0.499. The highest BCUT2D eigenvalue weighted by atomic mass is 19.1. The van der Waals surface area contributed by atoms with E-state index in [0.29, 0.717) is 24.9 Å². The normalized spacial score (nSPS) is 12.1. The summed E-state index contributed by atoms with van der Waals surface area (Å²) in [5.41, 5.74) is 2.40. The molecule has 1 aromatic heterocycles. The van der Waals surface area contributed by atoms with Crippen molar-refractivity contribution in [2.24, 2.45) is 4.99 Å². The minimum Gasteiger partial charge on any atom is -0.444 e. The molecule has 146 valence electrons. The van der Waals surface area contributed by atoms with E-state index in [2.05, 4.69) is 34.5 Å². The molecule has 1 heterocycles. The predicted octanol–water partition coefficient (Wildman–Crippen LogP) is 4.12. The van der Waals surface area contributed by atoms with E-state index < -0.39 is 0 Å². The van der Waals surface area contributed by atoms with Crippen LogP contribution in [0.5, 0.6) is 0 Å². The van der Waals surface area contributed by atoms with Crippen molar-refractivity contribution in [3.8, 4) is 11.5 Å². The third kappa shape index (κ3) is 4.97. The molecule has 6 heteroatoms. The number of aliphatic imine (C=N–C) groups is 1. The molecule has 0 amide bonds. The molecule has 0 saturated heterocycles. The first kappa shape index (κ1) is 19.6. The van der Waals surface area contributed by atoms with E-state index in [-0.39, 0.29) is 11.2 Å². The van der Waals surface area contributed by atoms with Gasteiger partial charge in [-0.2, -0.15) is 0 Å². The lowest BCUT2D eigenvalue weighted by molar-refractivity contribution is 0.503. The molecule has 2 N–H and O–H groups in total. The molecule has 0 unspecified atom stereocenters. The molecule has 0 radical (unpaired) electrons. The molecule has 28 heavy (non-hydrogen) atoms. The van der Waals surface area contributed by atoms with Gasteiger partial charge in [0.1, 0.15) is 12.1 Å². The second kappa shape index (κ2) is 8.69. The number of halogens is 1. The van der Waals surface area contributed by atoms with Gasteiger partial charge in [0.15, 0.2) is 5.96 Å². The molecule has 0 spiro atoms. The Kier molecular flexibility index (Phi) is 6.09. The Morgan fingerprint density at radius 1 is 1.11 bits per heavy atom. The van der Waals surface area contributed by atoms with Crippen LogP contribution in [0.1, 0.15) is 25.1 Å². The number of benzene rings is 2. The topological polar surface area (TPSA) is 62.5 Å². The molecule has 0 saturated carbocycles. The lowest BCUT2D eigenvalue weighted by Crippen LogP contribution is -2.43. The van der Waals surface area contributed by atoms with Crippen LogP contribution in [0.4, 0.5) is 4.39 Å². The lowest BCUT2D eigenvalue weighted by atomic mass is 9.84. The van der Waals surface area contributed by atoms with Crippen molar-refractivity contribution in [3.63, 3.8) is 0 Å². The molecular weight excluding hydrogens is 355 g/mol. The van der Waals surface area contributed by atoms with E-state index in [1.165, 1.54) is 6.07 Å². The molecule has 0 atom stereocenters. The van der Waals surface area contributed by atoms with Gasteiger partial charge >= 0.3 is 0 Å². The number of nitrogens with zero attached hydrogens (tertiary/aromatic N) is 2. The third-order valence-electron chi connectivity index (χ3n) is 4.54. The summed E-state index contributed by atoms with van der Waals surface area (Å²) in [7, 11) is 1.71. The number of guanidine groups is 1. The maximum atomic E-state index is 13.5. The summed E-state index contributed by atoms with van der Waals surface area (Å²) in [6, 6.07) is 16.4. The highest BCUT2D eigenvalue weighted by Gasteiger charge is 2.21. The molecule has 0 fully saturated rings. The van der Waals surface area contributed by atoms with Gasteiger partial charge in [-0.3, -0.25) is 4.99 Å². The van der Waals surface area contributed by atoms with Crippen LogP contribution >= 0.6 is 0 Å². The van der Waals surface area contributed by atoms with E-state index in [0.717, 1.165) is 16.8 Å². The largest absolute Gasteiger partial charge is 0.444 e. The second-order valence-electron chi connectivity index (χ2n) is 7.18. The van der Waals surface area contributed by atoms with Crippen LogP contribution in [0.25, 0.3) is 11.5 Å². The summed E-state index contributed by atoms with van der Waals surface area (Å²) < 4.78 is 19.1. The molecule has 0 aliphatic heterocycles. The molecule has 0 aliphatic carbocycles. The Morgan fingerprint density at radius 2 is 1.89 bits per heavy atom. The van der Waals surface area contributed by atoms with Crippen molar-refractivity contribution in [3.05, 3.63) is 77.9 Å². The predicted molar refractivity (Wildman–Crippen MR) is 110 cm³/mol. The van der Waals surface area contributed by atoms with E-state index in [1.807, 2.05) is 36.4 Å². The van der Waals surface area contributed by atoms with E-state index in [9.17, 15) is 4.39 Å². The zero-order chi connectivity index (χ0) is 20.0. The number of nitrogens with one attached hydrogen (secondary N) is 2. The average molecular weight is 380 g/mol. The van der Waals surface area contributed by atoms with Gasteiger partial charge in [0, 0.05) is 24.6 Å². The SMILES string of the molecule is CN=C(NCc1coc(-c2ccccc2)n1)NCC(C)(C)c1cccc(F)c1. The number of hydrogen-bond acceptors (Lipinski definition) is 3. The number of hydrogen-bond donors (Lipinski definition) is 2. The monoisotopic (exact) mass is 380 g/mol. The smallest absolute Gasteiger partial charge is 0.226 e. The van der Waals surface area contributed by atoms with Crippen LogP contribution < -0.4 is 10.6 Å². The summed E-state index contributed by atoms with van der Waals surface area (Å²) in [4.78, 5) is 8.74. The van der Waals surface area contributed by atoms with Gasteiger partial charge in [-0.25, -0.2) is 9.37 Å².